The summed E-state index contributed by atoms with van der Waals surface area (Å²) in [5, 5.41) is 12.5. The van der Waals surface area contributed by atoms with E-state index in [1.807, 2.05) is 60.7 Å². The first kappa shape index (κ1) is 15.8. The molecule has 2 N–H and O–H groups in total. The minimum Gasteiger partial charge on any atom is -0.457 e. The Morgan fingerprint density at radius 2 is 1.65 bits per heavy atom. The van der Waals surface area contributed by atoms with Gasteiger partial charge >= 0.3 is 0 Å². The molecule has 4 rings (SSSR count). The van der Waals surface area contributed by atoms with Gasteiger partial charge in [0.15, 0.2) is 0 Å². The third-order valence-corrected chi connectivity index (χ3v) is 3.76. The Labute approximate surface area is 150 Å². The molecule has 0 saturated heterocycles. The topological polar surface area (TPSA) is 91.7 Å². The lowest BCUT2D eigenvalue weighted by molar-refractivity contribution is 0.482. The number of para-hydroxylation sites is 1. The van der Waals surface area contributed by atoms with Crippen LogP contribution in [0.2, 0.25) is 0 Å². The molecule has 4 aromatic rings. The van der Waals surface area contributed by atoms with Crippen LogP contribution in [0, 0.1) is 0 Å². The fourth-order valence-corrected chi connectivity index (χ4v) is 2.48. The number of hydrogen-bond acceptors (Lipinski definition) is 6. The smallest absolute Gasteiger partial charge is 0.208 e. The molecule has 0 unspecified atom stereocenters. The average molecular weight is 344 g/mol. The van der Waals surface area contributed by atoms with Crippen LogP contribution in [0.1, 0.15) is 5.56 Å². The van der Waals surface area contributed by atoms with E-state index in [1.165, 1.54) is 4.80 Å². The number of aromatic nitrogens is 5. The van der Waals surface area contributed by atoms with Crippen LogP contribution in [0.4, 0.5) is 5.82 Å². The number of rotatable bonds is 5. The number of tetrazole rings is 1. The Kier molecular flexibility index (Phi) is 4.26. The molecule has 0 radical (unpaired) electrons. The molecule has 0 aliphatic carbocycles. The van der Waals surface area contributed by atoms with Crippen LogP contribution >= 0.6 is 0 Å². The zero-order valence-corrected chi connectivity index (χ0v) is 13.9. The Morgan fingerprint density at radius 1 is 0.885 bits per heavy atom. The molecule has 0 aliphatic rings. The maximum Gasteiger partial charge on any atom is 0.208 e. The molecular formula is C19H16N6O. The van der Waals surface area contributed by atoms with Crippen LogP contribution in [0.3, 0.4) is 0 Å². The molecule has 0 spiro atoms. The SMILES string of the molecule is Nc1ncccc1-c1nnn(Cc2ccc(Oc3ccccc3)cc2)n1. The molecule has 0 atom stereocenters. The van der Waals surface area contributed by atoms with Gasteiger partial charge in [0.1, 0.15) is 17.3 Å². The summed E-state index contributed by atoms with van der Waals surface area (Å²) in [6, 6.07) is 21.0. The van der Waals surface area contributed by atoms with Crippen molar-refractivity contribution in [2.24, 2.45) is 0 Å². The van der Waals surface area contributed by atoms with Crippen molar-refractivity contribution in [3.8, 4) is 22.9 Å². The van der Waals surface area contributed by atoms with Crippen LogP contribution < -0.4 is 10.5 Å². The van der Waals surface area contributed by atoms with E-state index >= 15 is 0 Å². The minimum atomic E-state index is 0.384. The van der Waals surface area contributed by atoms with Gasteiger partial charge in [-0.1, -0.05) is 30.3 Å². The summed E-state index contributed by atoms with van der Waals surface area (Å²) in [5.41, 5.74) is 7.56. The molecule has 128 valence electrons. The number of pyridine rings is 1. The van der Waals surface area contributed by atoms with Crippen molar-refractivity contribution in [3.05, 3.63) is 78.5 Å². The van der Waals surface area contributed by atoms with Gasteiger partial charge in [0.2, 0.25) is 5.82 Å². The number of nitrogens with two attached hydrogens (primary N) is 1. The molecule has 0 bridgehead atoms. The van der Waals surface area contributed by atoms with E-state index in [1.54, 1.807) is 12.3 Å². The van der Waals surface area contributed by atoms with Gasteiger partial charge in [0.25, 0.3) is 0 Å². The molecule has 0 saturated carbocycles. The number of benzene rings is 2. The third kappa shape index (κ3) is 3.51. The van der Waals surface area contributed by atoms with E-state index < -0.39 is 0 Å². The average Bonchev–Trinajstić information content (AvgIpc) is 3.13. The maximum atomic E-state index is 5.85. The summed E-state index contributed by atoms with van der Waals surface area (Å²) in [6.07, 6.45) is 1.63. The monoisotopic (exact) mass is 344 g/mol. The van der Waals surface area contributed by atoms with Gasteiger partial charge in [0, 0.05) is 6.20 Å². The quantitative estimate of drug-likeness (QED) is 0.598. The fourth-order valence-electron chi connectivity index (χ4n) is 2.48. The van der Waals surface area contributed by atoms with E-state index in [-0.39, 0.29) is 0 Å². The number of ether oxygens (including phenoxy) is 1. The number of hydrogen-bond donors (Lipinski definition) is 1. The summed E-state index contributed by atoms with van der Waals surface area (Å²) in [4.78, 5) is 5.56. The van der Waals surface area contributed by atoms with Crippen LogP contribution in [0.25, 0.3) is 11.4 Å². The highest BCUT2D eigenvalue weighted by Crippen LogP contribution is 2.22. The van der Waals surface area contributed by atoms with Gasteiger partial charge in [-0.05, 0) is 47.2 Å². The first-order valence-corrected chi connectivity index (χ1v) is 8.08. The number of nitrogens with zero attached hydrogens (tertiary/aromatic N) is 5. The van der Waals surface area contributed by atoms with Crippen LogP contribution in [-0.4, -0.2) is 25.2 Å². The highest BCUT2D eigenvalue weighted by atomic mass is 16.5. The third-order valence-electron chi connectivity index (χ3n) is 3.76. The second kappa shape index (κ2) is 7.02. The Hall–Kier alpha value is -3.74. The van der Waals surface area contributed by atoms with Crippen LogP contribution in [0.15, 0.2) is 72.9 Å². The van der Waals surface area contributed by atoms with Crippen molar-refractivity contribution in [1.82, 2.24) is 25.2 Å². The highest BCUT2D eigenvalue weighted by Gasteiger charge is 2.10. The van der Waals surface area contributed by atoms with E-state index in [2.05, 4.69) is 20.4 Å². The first-order chi connectivity index (χ1) is 12.8. The normalized spacial score (nSPS) is 10.6. The van der Waals surface area contributed by atoms with Crippen molar-refractivity contribution in [3.63, 3.8) is 0 Å². The zero-order valence-electron chi connectivity index (χ0n) is 13.9. The van der Waals surface area contributed by atoms with Crippen molar-refractivity contribution < 1.29 is 4.74 Å². The zero-order chi connectivity index (χ0) is 17.8. The van der Waals surface area contributed by atoms with Gasteiger partial charge in [-0.2, -0.15) is 4.80 Å². The van der Waals surface area contributed by atoms with Gasteiger partial charge in [0.05, 0.1) is 12.1 Å². The van der Waals surface area contributed by atoms with Gasteiger partial charge in [-0.3, -0.25) is 0 Å². The highest BCUT2D eigenvalue weighted by molar-refractivity contribution is 5.66. The molecule has 26 heavy (non-hydrogen) atoms. The minimum absolute atomic E-state index is 0.384. The van der Waals surface area contributed by atoms with Crippen molar-refractivity contribution in [2.75, 3.05) is 5.73 Å². The Morgan fingerprint density at radius 3 is 2.42 bits per heavy atom. The lowest BCUT2D eigenvalue weighted by Gasteiger charge is -2.06. The molecular weight excluding hydrogens is 328 g/mol. The van der Waals surface area contributed by atoms with Crippen LogP contribution in [0.5, 0.6) is 11.5 Å². The van der Waals surface area contributed by atoms with Gasteiger partial charge < -0.3 is 10.5 Å². The lowest BCUT2D eigenvalue weighted by atomic mass is 10.2. The van der Waals surface area contributed by atoms with Crippen LogP contribution in [-0.2, 0) is 6.54 Å². The summed E-state index contributed by atoms with van der Waals surface area (Å²) < 4.78 is 5.79. The summed E-state index contributed by atoms with van der Waals surface area (Å²) in [6.45, 7) is 0.499. The van der Waals surface area contributed by atoms with E-state index in [9.17, 15) is 0 Å². The Bertz CT molecular complexity index is 998. The number of anilines is 1. The molecule has 2 heterocycles. The molecule has 2 aromatic carbocycles. The second-order valence-electron chi connectivity index (χ2n) is 5.64. The standard InChI is InChI=1S/C19H16N6O/c20-18-17(7-4-12-21-18)19-22-24-25(23-19)13-14-8-10-16(11-9-14)26-15-5-2-1-3-6-15/h1-12H,13H2,(H2,20,21). The molecule has 2 aromatic heterocycles. The molecule has 0 amide bonds. The summed E-state index contributed by atoms with van der Waals surface area (Å²) in [7, 11) is 0. The number of nitrogen functional groups attached to an aromatic ring is 1. The predicted octanol–water partition coefficient (Wildman–Crippen LogP) is 3.16. The van der Waals surface area contributed by atoms with Gasteiger partial charge in [-0.25, -0.2) is 4.98 Å². The molecule has 7 nitrogen and oxygen atoms in total. The summed E-state index contributed by atoms with van der Waals surface area (Å²) in [5.74, 6) is 2.42. The van der Waals surface area contributed by atoms with Gasteiger partial charge in [-0.15, -0.1) is 10.2 Å². The van der Waals surface area contributed by atoms with Crippen molar-refractivity contribution in [1.29, 1.82) is 0 Å². The molecule has 0 aliphatic heterocycles. The van der Waals surface area contributed by atoms with Crippen molar-refractivity contribution in [2.45, 2.75) is 6.54 Å². The largest absolute Gasteiger partial charge is 0.457 e. The molecule has 0 fully saturated rings. The van der Waals surface area contributed by atoms with Crippen molar-refractivity contribution >= 4 is 5.82 Å². The molecule has 7 heteroatoms. The Balaban J connectivity index is 1.46. The summed E-state index contributed by atoms with van der Waals surface area (Å²) >= 11 is 0. The fraction of sp³-hybridized carbons (Fsp3) is 0.0526. The maximum absolute atomic E-state index is 5.85. The first-order valence-electron chi connectivity index (χ1n) is 8.08. The van der Waals surface area contributed by atoms with E-state index in [0.29, 0.717) is 23.8 Å². The van der Waals surface area contributed by atoms with E-state index in [4.69, 9.17) is 10.5 Å². The predicted molar refractivity (Wildman–Crippen MR) is 97.5 cm³/mol. The van der Waals surface area contributed by atoms with E-state index in [0.717, 1.165) is 17.1 Å². The lowest BCUT2D eigenvalue weighted by Crippen LogP contribution is -2.04. The second-order valence-corrected chi connectivity index (χ2v) is 5.64.